The summed E-state index contributed by atoms with van der Waals surface area (Å²) in [5, 5.41) is 26.4. The second kappa shape index (κ2) is 15.8. The van der Waals surface area contributed by atoms with Gasteiger partial charge in [-0.3, -0.25) is 9.80 Å². The SMILES string of the molecule is COc1ccc([C@H](c2nnnn2CCc2ccccc2)N2CCN([C@H](c3ccc(OC)cc3)c3nnnn3CCc3ccccc3)CC2)cc1. The average molecular weight is 671 g/mol. The predicted octanol–water partition coefficient (Wildman–Crippen LogP) is 4.66. The molecule has 0 aliphatic carbocycles. The highest BCUT2D eigenvalue weighted by atomic mass is 16.5. The zero-order valence-electron chi connectivity index (χ0n) is 28.5. The Bertz CT molecular complexity index is 1760. The minimum Gasteiger partial charge on any atom is -0.497 e. The molecule has 1 fully saturated rings. The van der Waals surface area contributed by atoms with Gasteiger partial charge in [0.05, 0.1) is 26.3 Å². The molecule has 0 amide bonds. The lowest BCUT2D eigenvalue weighted by Crippen LogP contribution is -2.50. The van der Waals surface area contributed by atoms with Gasteiger partial charge in [-0.15, -0.1) is 10.2 Å². The van der Waals surface area contributed by atoms with Crippen LogP contribution in [0.3, 0.4) is 0 Å². The summed E-state index contributed by atoms with van der Waals surface area (Å²) in [5.74, 6) is 3.29. The Hall–Kier alpha value is -5.46. The number of piperazine rings is 1. The molecular formula is C38H42N10O2. The van der Waals surface area contributed by atoms with E-state index in [1.165, 1.54) is 11.1 Å². The zero-order chi connectivity index (χ0) is 34.1. The number of hydrogen-bond donors (Lipinski definition) is 0. The first-order valence-electron chi connectivity index (χ1n) is 17.1. The van der Waals surface area contributed by atoms with Crippen molar-refractivity contribution in [1.82, 2.24) is 50.2 Å². The molecule has 1 saturated heterocycles. The van der Waals surface area contributed by atoms with E-state index in [0.29, 0.717) is 13.1 Å². The second-order valence-corrected chi connectivity index (χ2v) is 12.4. The molecule has 2 atom stereocenters. The summed E-state index contributed by atoms with van der Waals surface area (Å²) >= 11 is 0. The summed E-state index contributed by atoms with van der Waals surface area (Å²) in [7, 11) is 3.38. The monoisotopic (exact) mass is 670 g/mol. The quantitative estimate of drug-likeness (QED) is 0.162. The largest absolute Gasteiger partial charge is 0.497 e. The van der Waals surface area contributed by atoms with Crippen molar-refractivity contribution in [1.29, 1.82) is 0 Å². The van der Waals surface area contributed by atoms with Crippen LogP contribution in [0.5, 0.6) is 11.5 Å². The molecule has 50 heavy (non-hydrogen) atoms. The molecular weight excluding hydrogens is 628 g/mol. The van der Waals surface area contributed by atoms with Gasteiger partial charge in [-0.2, -0.15) is 0 Å². The molecule has 0 spiro atoms. The Kier molecular flexibility index (Phi) is 10.5. The molecule has 12 heteroatoms. The van der Waals surface area contributed by atoms with Crippen molar-refractivity contribution < 1.29 is 9.47 Å². The van der Waals surface area contributed by atoms with Crippen LogP contribution in [0, 0.1) is 0 Å². The van der Waals surface area contributed by atoms with Crippen molar-refractivity contribution in [2.75, 3.05) is 40.4 Å². The highest BCUT2D eigenvalue weighted by molar-refractivity contribution is 5.34. The summed E-state index contributed by atoms with van der Waals surface area (Å²) in [5.41, 5.74) is 4.73. The Morgan fingerprint density at radius 2 is 0.900 bits per heavy atom. The number of nitrogens with zero attached hydrogens (tertiary/aromatic N) is 10. The maximum Gasteiger partial charge on any atom is 0.173 e. The van der Waals surface area contributed by atoms with Crippen LogP contribution in [0.1, 0.15) is 46.0 Å². The third-order valence-electron chi connectivity index (χ3n) is 9.46. The first kappa shape index (κ1) is 33.1. The number of methoxy groups -OCH3 is 2. The topological polar surface area (TPSA) is 112 Å². The summed E-state index contributed by atoms with van der Waals surface area (Å²) in [6.07, 6.45) is 1.68. The van der Waals surface area contributed by atoms with Gasteiger partial charge in [0.25, 0.3) is 0 Å². The molecule has 1 aliphatic rings. The third kappa shape index (κ3) is 7.56. The van der Waals surface area contributed by atoms with Gasteiger partial charge in [0, 0.05) is 39.3 Å². The fraction of sp³-hybridized carbons (Fsp3) is 0.316. The van der Waals surface area contributed by atoms with Crippen molar-refractivity contribution in [2.24, 2.45) is 0 Å². The van der Waals surface area contributed by atoms with E-state index in [1.54, 1.807) is 14.2 Å². The molecule has 12 nitrogen and oxygen atoms in total. The van der Waals surface area contributed by atoms with Crippen molar-refractivity contribution in [3.63, 3.8) is 0 Å². The van der Waals surface area contributed by atoms with E-state index < -0.39 is 0 Å². The molecule has 0 saturated carbocycles. The van der Waals surface area contributed by atoms with E-state index >= 15 is 0 Å². The summed E-state index contributed by atoms with van der Waals surface area (Å²) < 4.78 is 14.9. The predicted molar refractivity (Wildman–Crippen MR) is 189 cm³/mol. The second-order valence-electron chi connectivity index (χ2n) is 12.4. The Labute approximate surface area is 292 Å². The maximum atomic E-state index is 5.49. The molecule has 0 radical (unpaired) electrons. The van der Waals surface area contributed by atoms with Crippen molar-refractivity contribution in [3.05, 3.63) is 143 Å². The molecule has 256 valence electrons. The summed E-state index contributed by atoms with van der Waals surface area (Å²) in [4.78, 5) is 4.96. The Morgan fingerprint density at radius 1 is 0.520 bits per heavy atom. The minimum atomic E-state index is -0.135. The molecule has 6 aromatic rings. The summed E-state index contributed by atoms with van der Waals surface area (Å²) in [6, 6.07) is 37.1. The van der Waals surface area contributed by atoms with Crippen LogP contribution in [0.25, 0.3) is 0 Å². The van der Waals surface area contributed by atoms with Crippen molar-refractivity contribution >= 4 is 0 Å². The average Bonchev–Trinajstić information content (AvgIpc) is 3.85. The highest BCUT2D eigenvalue weighted by Crippen LogP contribution is 2.34. The number of tetrazole rings is 2. The van der Waals surface area contributed by atoms with E-state index in [4.69, 9.17) is 9.47 Å². The molecule has 3 heterocycles. The van der Waals surface area contributed by atoms with E-state index in [9.17, 15) is 0 Å². The number of rotatable bonds is 14. The zero-order valence-corrected chi connectivity index (χ0v) is 28.5. The molecule has 0 N–H and O–H groups in total. The van der Waals surface area contributed by atoms with Gasteiger partial charge in [0.2, 0.25) is 0 Å². The van der Waals surface area contributed by atoms with Crippen LogP contribution in [0.2, 0.25) is 0 Å². The lowest BCUT2D eigenvalue weighted by atomic mass is 10.0. The van der Waals surface area contributed by atoms with E-state index in [1.807, 2.05) is 45.8 Å². The third-order valence-corrected chi connectivity index (χ3v) is 9.46. The van der Waals surface area contributed by atoms with Gasteiger partial charge in [-0.25, -0.2) is 9.36 Å². The molecule has 1 aliphatic heterocycles. The van der Waals surface area contributed by atoms with Crippen LogP contribution < -0.4 is 9.47 Å². The van der Waals surface area contributed by atoms with Crippen LogP contribution in [0.4, 0.5) is 0 Å². The lowest BCUT2D eigenvalue weighted by molar-refractivity contribution is 0.0822. The van der Waals surface area contributed by atoms with Gasteiger partial charge in [0.15, 0.2) is 11.6 Å². The Balaban J connectivity index is 1.15. The van der Waals surface area contributed by atoms with Gasteiger partial charge >= 0.3 is 0 Å². The fourth-order valence-corrected chi connectivity index (χ4v) is 6.77. The van der Waals surface area contributed by atoms with Gasteiger partial charge < -0.3 is 9.47 Å². The number of aromatic nitrogens is 8. The van der Waals surface area contributed by atoms with Crippen LogP contribution in [-0.2, 0) is 25.9 Å². The van der Waals surface area contributed by atoms with E-state index in [0.717, 1.165) is 73.3 Å². The minimum absolute atomic E-state index is 0.135. The van der Waals surface area contributed by atoms with Gasteiger partial charge in [-0.1, -0.05) is 84.9 Å². The molecule has 7 rings (SSSR count). The first-order chi connectivity index (χ1) is 24.7. The van der Waals surface area contributed by atoms with Crippen molar-refractivity contribution in [2.45, 2.75) is 38.0 Å². The number of ether oxygens (including phenoxy) is 2. The van der Waals surface area contributed by atoms with Gasteiger partial charge in [-0.05, 0) is 80.2 Å². The fourth-order valence-electron chi connectivity index (χ4n) is 6.77. The van der Waals surface area contributed by atoms with Crippen LogP contribution in [0.15, 0.2) is 109 Å². The Morgan fingerprint density at radius 3 is 1.26 bits per heavy atom. The highest BCUT2D eigenvalue weighted by Gasteiger charge is 2.35. The van der Waals surface area contributed by atoms with E-state index in [-0.39, 0.29) is 12.1 Å². The van der Waals surface area contributed by atoms with Gasteiger partial charge in [0.1, 0.15) is 11.5 Å². The smallest absolute Gasteiger partial charge is 0.173 e. The summed E-state index contributed by atoms with van der Waals surface area (Å²) in [6.45, 7) is 4.54. The standard InChI is InChI=1S/C38H42N10O2/c1-49-33-17-13-31(14-18-33)35(37-39-41-43-47(37)23-21-29-9-5-3-6-10-29)45-25-27-46(28-26-45)36(32-15-19-34(50-2)20-16-32)38-40-42-44-48(38)24-22-30-11-7-4-8-12-30/h3-20,35-36H,21-28H2,1-2H3/t35-,36-/m1/s1. The molecule has 4 aromatic carbocycles. The van der Waals surface area contributed by atoms with Crippen molar-refractivity contribution in [3.8, 4) is 11.5 Å². The molecule has 0 bridgehead atoms. The normalized spacial score (nSPS) is 15.1. The number of benzene rings is 4. The maximum absolute atomic E-state index is 5.49. The number of aryl methyl sites for hydroxylation is 4. The molecule has 0 unspecified atom stereocenters. The lowest BCUT2D eigenvalue weighted by Gasteiger charge is -2.41. The van der Waals surface area contributed by atoms with Crippen LogP contribution in [-0.4, -0.2) is 90.6 Å². The first-order valence-corrected chi connectivity index (χ1v) is 17.1. The molecule has 2 aromatic heterocycles. The van der Waals surface area contributed by atoms with E-state index in [2.05, 4.69) is 114 Å². The number of hydrogen-bond acceptors (Lipinski definition) is 10. The van der Waals surface area contributed by atoms with Crippen LogP contribution >= 0.6 is 0 Å².